The summed E-state index contributed by atoms with van der Waals surface area (Å²) in [6.07, 6.45) is 1.14. The Morgan fingerprint density at radius 1 is 1.50 bits per heavy atom. The number of aromatic nitrogens is 2. The molecule has 1 aliphatic carbocycles. The molecule has 1 heterocycles. The Hall–Kier alpha value is -0.710. The Labute approximate surface area is 61.1 Å². The van der Waals surface area contributed by atoms with Gasteiger partial charge in [0.15, 0.2) is 10.7 Å². The molecular weight excluding hydrogens is 153 g/mol. The number of hydrogen-bond acceptors (Lipinski definition) is 4. The van der Waals surface area contributed by atoms with Gasteiger partial charge in [-0.3, -0.25) is 0 Å². The van der Waals surface area contributed by atoms with Crippen LogP contribution in [-0.2, 0) is 5.67 Å². The number of nitrogen functional groups attached to an aromatic ring is 1. The zero-order valence-corrected chi connectivity index (χ0v) is 5.99. The summed E-state index contributed by atoms with van der Waals surface area (Å²) in [6.45, 7) is 0. The Balaban J connectivity index is 2.34. The fourth-order valence-electron chi connectivity index (χ4n) is 0.739. The van der Waals surface area contributed by atoms with Crippen molar-refractivity contribution in [2.24, 2.45) is 0 Å². The van der Waals surface area contributed by atoms with Crippen molar-refractivity contribution in [3.63, 3.8) is 0 Å². The first-order chi connectivity index (χ1) is 4.71. The molecule has 1 aliphatic rings. The highest BCUT2D eigenvalue weighted by Gasteiger charge is 2.48. The van der Waals surface area contributed by atoms with E-state index >= 15 is 0 Å². The van der Waals surface area contributed by atoms with Crippen molar-refractivity contribution in [2.75, 3.05) is 5.73 Å². The van der Waals surface area contributed by atoms with E-state index in [4.69, 9.17) is 5.73 Å². The molecule has 5 heteroatoms. The zero-order valence-electron chi connectivity index (χ0n) is 5.17. The summed E-state index contributed by atoms with van der Waals surface area (Å²) in [5, 5.41) is 7.93. The minimum atomic E-state index is -1.17. The maximum atomic E-state index is 13.1. The smallest absolute Gasteiger partial charge is 0.203 e. The molecule has 3 nitrogen and oxygen atoms in total. The number of halogens is 1. The van der Waals surface area contributed by atoms with Crippen LogP contribution in [0.2, 0.25) is 0 Å². The Morgan fingerprint density at radius 2 is 2.20 bits per heavy atom. The number of hydrogen-bond donors (Lipinski definition) is 1. The van der Waals surface area contributed by atoms with Crippen molar-refractivity contribution >= 4 is 16.5 Å². The Morgan fingerprint density at radius 3 is 2.60 bits per heavy atom. The Kier molecular flexibility index (Phi) is 1.00. The fraction of sp³-hybridized carbons (Fsp3) is 0.600. The van der Waals surface area contributed by atoms with Crippen LogP contribution in [0.1, 0.15) is 17.8 Å². The molecule has 1 saturated carbocycles. The number of nitrogens with zero attached hydrogens (tertiary/aromatic N) is 2. The lowest BCUT2D eigenvalue weighted by Gasteiger charge is -1.93. The van der Waals surface area contributed by atoms with E-state index in [0.717, 1.165) is 11.3 Å². The second-order valence-electron chi connectivity index (χ2n) is 2.41. The van der Waals surface area contributed by atoms with E-state index < -0.39 is 5.67 Å². The molecule has 2 rings (SSSR count). The summed E-state index contributed by atoms with van der Waals surface area (Å²) in [6, 6.07) is 0. The molecule has 0 radical (unpaired) electrons. The number of rotatable bonds is 1. The standard InChI is InChI=1S/C5H6FN3S/c6-5(1-2-5)3-8-9-4(7)10-3/h1-2H2,(H2,7,9). The van der Waals surface area contributed by atoms with E-state index in [-0.39, 0.29) is 0 Å². The molecule has 2 N–H and O–H groups in total. The topological polar surface area (TPSA) is 51.8 Å². The van der Waals surface area contributed by atoms with Crippen LogP contribution < -0.4 is 5.73 Å². The minimum Gasteiger partial charge on any atom is -0.374 e. The summed E-state index contributed by atoms with van der Waals surface area (Å²) in [4.78, 5) is 0. The van der Waals surface area contributed by atoms with E-state index in [1.807, 2.05) is 0 Å². The quantitative estimate of drug-likeness (QED) is 0.667. The maximum Gasteiger partial charge on any atom is 0.203 e. The van der Waals surface area contributed by atoms with Gasteiger partial charge in [-0.1, -0.05) is 11.3 Å². The lowest BCUT2D eigenvalue weighted by atomic mass is 10.4. The van der Waals surface area contributed by atoms with Crippen LogP contribution in [0.3, 0.4) is 0 Å². The summed E-state index contributed by atoms with van der Waals surface area (Å²) < 4.78 is 13.1. The molecule has 10 heavy (non-hydrogen) atoms. The molecule has 0 aliphatic heterocycles. The molecule has 0 atom stereocenters. The van der Waals surface area contributed by atoms with Crippen LogP contribution in [0.4, 0.5) is 9.52 Å². The number of alkyl halides is 1. The van der Waals surface area contributed by atoms with E-state index in [0.29, 0.717) is 23.0 Å². The Bertz CT molecular complexity index is 255. The van der Waals surface area contributed by atoms with E-state index in [1.54, 1.807) is 0 Å². The average molecular weight is 159 g/mol. The van der Waals surface area contributed by atoms with Gasteiger partial charge in [0.1, 0.15) is 0 Å². The van der Waals surface area contributed by atoms with Crippen molar-refractivity contribution in [1.29, 1.82) is 0 Å². The highest BCUT2D eigenvalue weighted by atomic mass is 32.1. The van der Waals surface area contributed by atoms with Crippen molar-refractivity contribution in [3.8, 4) is 0 Å². The SMILES string of the molecule is Nc1nnc(C2(F)CC2)s1. The van der Waals surface area contributed by atoms with Gasteiger partial charge in [0.2, 0.25) is 5.13 Å². The van der Waals surface area contributed by atoms with Gasteiger partial charge in [-0.25, -0.2) is 4.39 Å². The van der Waals surface area contributed by atoms with Crippen LogP contribution in [0.15, 0.2) is 0 Å². The molecule has 0 unspecified atom stereocenters. The second kappa shape index (κ2) is 1.66. The van der Waals surface area contributed by atoms with E-state index in [9.17, 15) is 4.39 Å². The van der Waals surface area contributed by atoms with Gasteiger partial charge in [0.05, 0.1) is 0 Å². The van der Waals surface area contributed by atoms with Crippen LogP contribution >= 0.6 is 11.3 Å². The van der Waals surface area contributed by atoms with Crippen molar-refractivity contribution in [3.05, 3.63) is 5.01 Å². The zero-order chi connectivity index (χ0) is 7.19. The molecule has 0 aromatic carbocycles. The van der Waals surface area contributed by atoms with Gasteiger partial charge in [0, 0.05) is 0 Å². The van der Waals surface area contributed by atoms with E-state index in [2.05, 4.69) is 10.2 Å². The predicted octanol–water partition coefficient (Wildman–Crippen LogP) is 1.08. The summed E-state index contributed by atoms with van der Waals surface area (Å²) in [7, 11) is 0. The first kappa shape index (κ1) is 6.03. The fourth-order valence-corrected chi connectivity index (χ4v) is 1.49. The average Bonchev–Trinajstić information content (AvgIpc) is 2.45. The minimum absolute atomic E-state index is 0.346. The van der Waals surface area contributed by atoms with Gasteiger partial charge in [0.25, 0.3) is 0 Å². The second-order valence-corrected chi connectivity index (χ2v) is 3.42. The first-order valence-corrected chi connectivity index (χ1v) is 3.81. The molecule has 1 aromatic heterocycles. The summed E-state index contributed by atoms with van der Waals surface area (Å²) in [5.74, 6) is 0. The van der Waals surface area contributed by atoms with Crippen LogP contribution in [0.25, 0.3) is 0 Å². The molecule has 0 bridgehead atoms. The number of anilines is 1. The van der Waals surface area contributed by atoms with Gasteiger partial charge in [-0.2, -0.15) is 0 Å². The van der Waals surface area contributed by atoms with E-state index in [1.165, 1.54) is 0 Å². The normalized spacial score (nSPS) is 20.9. The highest BCUT2D eigenvalue weighted by Crippen LogP contribution is 2.50. The van der Waals surface area contributed by atoms with Gasteiger partial charge in [-0.05, 0) is 12.8 Å². The molecule has 1 fully saturated rings. The highest BCUT2D eigenvalue weighted by molar-refractivity contribution is 7.15. The van der Waals surface area contributed by atoms with Gasteiger partial charge in [-0.15, -0.1) is 10.2 Å². The van der Waals surface area contributed by atoms with Crippen molar-refractivity contribution in [2.45, 2.75) is 18.5 Å². The monoisotopic (exact) mass is 159 g/mol. The van der Waals surface area contributed by atoms with Gasteiger partial charge >= 0.3 is 0 Å². The molecular formula is C5H6FN3S. The lowest BCUT2D eigenvalue weighted by Crippen LogP contribution is -1.95. The molecule has 0 spiro atoms. The number of nitrogens with two attached hydrogens (primary N) is 1. The van der Waals surface area contributed by atoms with Gasteiger partial charge < -0.3 is 5.73 Å². The summed E-state index contributed by atoms with van der Waals surface area (Å²) in [5.41, 5.74) is 4.11. The molecule has 54 valence electrons. The largest absolute Gasteiger partial charge is 0.374 e. The predicted molar refractivity (Wildman–Crippen MR) is 36.3 cm³/mol. The molecule has 1 aromatic rings. The van der Waals surface area contributed by atoms with Crippen LogP contribution in [-0.4, -0.2) is 10.2 Å². The third-order valence-electron chi connectivity index (χ3n) is 1.51. The van der Waals surface area contributed by atoms with Crippen LogP contribution in [0, 0.1) is 0 Å². The first-order valence-electron chi connectivity index (χ1n) is 2.99. The molecule has 0 saturated heterocycles. The summed E-state index contributed by atoms with van der Waals surface area (Å²) >= 11 is 1.14. The van der Waals surface area contributed by atoms with Crippen molar-refractivity contribution in [1.82, 2.24) is 10.2 Å². The molecule has 0 amide bonds. The third kappa shape index (κ3) is 0.775. The lowest BCUT2D eigenvalue weighted by molar-refractivity contribution is 0.314. The third-order valence-corrected chi connectivity index (χ3v) is 2.44. The maximum absolute atomic E-state index is 13.1. The van der Waals surface area contributed by atoms with Crippen LogP contribution in [0.5, 0.6) is 0 Å². The van der Waals surface area contributed by atoms with Crippen molar-refractivity contribution < 1.29 is 4.39 Å².